The highest BCUT2D eigenvalue weighted by Crippen LogP contribution is 2.13. The summed E-state index contributed by atoms with van der Waals surface area (Å²) in [5.41, 5.74) is 2.47. The summed E-state index contributed by atoms with van der Waals surface area (Å²) < 4.78 is 0. The number of anilines is 3. The van der Waals surface area contributed by atoms with E-state index in [4.69, 9.17) is 0 Å². The predicted molar refractivity (Wildman–Crippen MR) is 82.2 cm³/mol. The van der Waals surface area contributed by atoms with Crippen LogP contribution in [0.15, 0.2) is 24.3 Å². The van der Waals surface area contributed by atoms with Gasteiger partial charge in [-0.3, -0.25) is 0 Å². The summed E-state index contributed by atoms with van der Waals surface area (Å²) in [6, 6.07) is 8.25. The quantitative estimate of drug-likeness (QED) is 0.866. The van der Waals surface area contributed by atoms with Gasteiger partial charge in [-0.1, -0.05) is 24.3 Å². The Labute approximate surface area is 119 Å². The van der Waals surface area contributed by atoms with Gasteiger partial charge >= 0.3 is 0 Å². The Kier molecular flexibility index (Phi) is 4.34. The molecule has 0 amide bonds. The van der Waals surface area contributed by atoms with Gasteiger partial charge in [0.15, 0.2) is 0 Å². The molecule has 1 heterocycles. The lowest BCUT2D eigenvalue weighted by atomic mass is 10.1. The van der Waals surface area contributed by atoms with Crippen LogP contribution in [0.3, 0.4) is 0 Å². The molecular weight excluding hydrogens is 252 g/mol. The second-order valence-corrected chi connectivity index (χ2v) is 4.71. The highest BCUT2D eigenvalue weighted by Gasteiger charge is 2.07. The number of aryl methyl sites for hydroxylation is 1. The minimum Gasteiger partial charge on any atom is -0.357 e. The van der Waals surface area contributed by atoms with Crippen molar-refractivity contribution < 1.29 is 0 Å². The number of aromatic nitrogens is 3. The van der Waals surface area contributed by atoms with Gasteiger partial charge in [0.1, 0.15) is 0 Å². The Morgan fingerprint density at radius 2 is 1.75 bits per heavy atom. The van der Waals surface area contributed by atoms with Gasteiger partial charge in [0, 0.05) is 27.7 Å². The van der Waals surface area contributed by atoms with E-state index in [2.05, 4.69) is 44.6 Å². The third-order valence-electron chi connectivity index (χ3n) is 2.95. The summed E-state index contributed by atoms with van der Waals surface area (Å²) in [6.07, 6.45) is 0. The monoisotopic (exact) mass is 272 g/mol. The predicted octanol–water partition coefficient (Wildman–Crippen LogP) is 1.90. The molecule has 0 fully saturated rings. The smallest absolute Gasteiger partial charge is 0.231 e. The molecule has 2 aromatic rings. The Morgan fingerprint density at radius 3 is 2.40 bits per heavy atom. The van der Waals surface area contributed by atoms with Gasteiger partial charge in [-0.15, -0.1) is 0 Å². The lowest BCUT2D eigenvalue weighted by molar-refractivity contribution is 0.943. The van der Waals surface area contributed by atoms with E-state index < -0.39 is 0 Å². The number of rotatable bonds is 5. The fraction of sp³-hybridized carbons (Fsp3) is 0.357. The van der Waals surface area contributed by atoms with Crippen LogP contribution in [0.4, 0.5) is 17.8 Å². The Hall–Kier alpha value is -2.37. The molecule has 1 aromatic carbocycles. The average Bonchev–Trinajstić information content (AvgIpc) is 2.46. The number of nitrogens with one attached hydrogen (secondary N) is 2. The molecule has 2 N–H and O–H groups in total. The molecule has 0 aliphatic rings. The van der Waals surface area contributed by atoms with Crippen molar-refractivity contribution >= 4 is 17.8 Å². The van der Waals surface area contributed by atoms with Crippen molar-refractivity contribution in [2.24, 2.45) is 0 Å². The first-order chi connectivity index (χ1) is 9.60. The average molecular weight is 272 g/mol. The van der Waals surface area contributed by atoms with Gasteiger partial charge in [-0.25, -0.2) is 0 Å². The van der Waals surface area contributed by atoms with Crippen molar-refractivity contribution in [3.63, 3.8) is 0 Å². The number of hydrogen-bond acceptors (Lipinski definition) is 6. The SMILES string of the molecule is CNc1nc(NCc2ccccc2C)nc(N(C)C)n1. The standard InChI is InChI=1S/C14H20N6/c1-10-7-5-6-8-11(10)9-16-13-17-12(15-2)18-14(19-13)20(3)4/h5-8H,9H2,1-4H3,(H2,15,16,17,18,19). The van der Waals surface area contributed by atoms with E-state index in [-0.39, 0.29) is 0 Å². The molecule has 0 aliphatic carbocycles. The van der Waals surface area contributed by atoms with Gasteiger partial charge in [0.2, 0.25) is 17.8 Å². The highest BCUT2D eigenvalue weighted by atomic mass is 15.3. The van der Waals surface area contributed by atoms with Crippen LogP contribution < -0.4 is 15.5 Å². The summed E-state index contributed by atoms with van der Waals surface area (Å²) in [4.78, 5) is 14.8. The Balaban J connectivity index is 2.17. The molecule has 0 saturated heterocycles. The van der Waals surface area contributed by atoms with Crippen LogP contribution in [0.5, 0.6) is 0 Å². The van der Waals surface area contributed by atoms with Crippen LogP contribution in [0.25, 0.3) is 0 Å². The van der Waals surface area contributed by atoms with Crippen molar-refractivity contribution in [2.45, 2.75) is 13.5 Å². The molecule has 6 heteroatoms. The van der Waals surface area contributed by atoms with E-state index in [1.54, 1.807) is 7.05 Å². The first-order valence-electron chi connectivity index (χ1n) is 6.49. The number of nitrogens with zero attached hydrogens (tertiary/aromatic N) is 4. The maximum absolute atomic E-state index is 4.38. The van der Waals surface area contributed by atoms with Crippen LogP contribution in [0.1, 0.15) is 11.1 Å². The molecular formula is C14H20N6. The minimum atomic E-state index is 0.552. The lowest BCUT2D eigenvalue weighted by Gasteiger charge is -2.13. The topological polar surface area (TPSA) is 66.0 Å². The van der Waals surface area contributed by atoms with Crippen LogP contribution >= 0.6 is 0 Å². The minimum absolute atomic E-state index is 0.552. The van der Waals surface area contributed by atoms with Crippen molar-refractivity contribution in [3.05, 3.63) is 35.4 Å². The lowest BCUT2D eigenvalue weighted by Crippen LogP contribution is -2.16. The van der Waals surface area contributed by atoms with Crippen molar-refractivity contribution in [3.8, 4) is 0 Å². The van der Waals surface area contributed by atoms with Crippen molar-refractivity contribution in [1.29, 1.82) is 0 Å². The molecule has 0 radical (unpaired) electrons. The van der Waals surface area contributed by atoms with Gasteiger partial charge in [0.25, 0.3) is 0 Å². The zero-order valence-electron chi connectivity index (χ0n) is 12.3. The third-order valence-corrected chi connectivity index (χ3v) is 2.95. The van der Waals surface area contributed by atoms with E-state index in [0.29, 0.717) is 24.4 Å². The van der Waals surface area contributed by atoms with Gasteiger partial charge in [-0.2, -0.15) is 15.0 Å². The molecule has 20 heavy (non-hydrogen) atoms. The number of hydrogen-bond donors (Lipinski definition) is 2. The summed E-state index contributed by atoms with van der Waals surface area (Å²) in [6.45, 7) is 2.78. The second kappa shape index (κ2) is 6.18. The largest absolute Gasteiger partial charge is 0.357 e. The third kappa shape index (κ3) is 3.34. The highest BCUT2D eigenvalue weighted by molar-refractivity contribution is 5.43. The van der Waals surface area contributed by atoms with Crippen LogP contribution in [0.2, 0.25) is 0 Å². The zero-order chi connectivity index (χ0) is 14.5. The summed E-state index contributed by atoms with van der Waals surface area (Å²) >= 11 is 0. The summed E-state index contributed by atoms with van der Waals surface area (Å²) in [7, 11) is 5.60. The molecule has 1 aromatic heterocycles. The number of benzene rings is 1. The normalized spacial score (nSPS) is 10.2. The summed E-state index contributed by atoms with van der Waals surface area (Å²) in [5.74, 6) is 1.74. The van der Waals surface area contributed by atoms with E-state index in [1.807, 2.05) is 31.1 Å². The molecule has 6 nitrogen and oxygen atoms in total. The molecule has 0 atom stereocenters. The van der Waals surface area contributed by atoms with Gasteiger partial charge in [-0.05, 0) is 18.1 Å². The van der Waals surface area contributed by atoms with E-state index in [9.17, 15) is 0 Å². The first-order valence-corrected chi connectivity index (χ1v) is 6.49. The fourth-order valence-electron chi connectivity index (χ4n) is 1.74. The maximum Gasteiger partial charge on any atom is 0.231 e. The summed E-state index contributed by atoms with van der Waals surface area (Å²) in [5, 5.41) is 6.19. The van der Waals surface area contributed by atoms with Crippen LogP contribution in [-0.2, 0) is 6.54 Å². The molecule has 0 bridgehead atoms. The van der Waals surface area contributed by atoms with Gasteiger partial charge < -0.3 is 15.5 Å². The Morgan fingerprint density at radius 1 is 1.05 bits per heavy atom. The Bertz CT molecular complexity index is 582. The molecule has 106 valence electrons. The van der Waals surface area contributed by atoms with Gasteiger partial charge in [0.05, 0.1) is 0 Å². The molecule has 0 saturated carbocycles. The molecule has 0 spiro atoms. The van der Waals surface area contributed by atoms with Crippen LogP contribution in [0, 0.1) is 6.92 Å². The van der Waals surface area contributed by atoms with Crippen molar-refractivity contribution in [1.82, 2.24) is 15.0 Å². The van der Waals surface area contributed by atoms with E-state index in [0.717, 1.165) is 0 Å². The zero-order valence-corrected chi connectivity index (χ0v) is 12.3. The van der Waals surface area contributed by atoms with Crippen LogP contribution in [-0.4, -0.2) is 36.1 Å². The fourth-order valence-corrected chi connectivity index (χ4v) is 1.74. The molecule has 0 aliphatic heterocycles. The molecule has 2 rings (SSSR count). The van der Waals surface area contributed by atoms with Crippen molar-refractivity contribution in [2.75, 3.05) is 36.7 Å². The van der Waals surface area contributed by atoms with E-state index in [1.165, 1.54) is 11.1 Å². The second-order valence-electron chi connectivity index (χ2n) is 4.71. The maximum atomic E-state index is 4.38. The van der Waals surface area contributed by atoms with E-state index >= 15 is 0 Å². The molecule has 0 unspecified atom stereocenters. The first kappa shape index (κ1) is 14.0.